The minimum absolute atomic E-state index is 0.572. The van der Waals surface area contributed by atoms with Crippen molar-refractivity contribution in [3.05, 3.63) is 23.9 Å². The second kappa shape index (κ2) is 6.19. The molecule has 1 aliphatic rings. The Morgan fingerprint density at radius 2 is 2.11 bits per heavy atom. The van der Waals surface area contributed by atoms with Crippen molar-refractivity contribution in [1.29, 1.82) is 0 Å². The van der Waals surface area contributed by atoms with Crippen molar-refractivity contribution < 1.29 is 0 Å². The average molecular weight is 247 g/mol. The molecule has 2 unspecified atom stereocenters. The summed E-state index contributed by atoms with van der Waals surface area (Å²) >= 11 is 0. The van der Waals surface area contributed by atoms with Crippen molar-refractivity contribution in [1.82, 2.24) is 4.98 Å². The van der Waals surface area contributed by atoms with Crippen LogP contribution in [0.3, 0.4) is 0 Å². The summed E-state index contributed by atoms with van der Waals surface area (Å²) in [5.41, 5.74) is 7.04. The highest BCUT2D eigenvalue weighted by Gasteiger charge is 2.29. The molecule has 1 fully saturated rings. The van der Waals surface area contributed by atoms with Crippen LogP contribution in [0, 0.1) is 12.8 Å². The van der Waals surface area contributed by atoms with Gasteiger partial charge >= 0.3 is 0 Å². The van der Waals surface area contributed by atoms with Gasteiger partial charge < -0.3 is 10.6 Å². The van der Waals surface area contributed by atoms with Gasteiger partial charge in [0, 0.05) is 18.3 Å². The van der Waals surface area contributed by atoms with Crippen LogP contribution in [-0.4, -0.2) is 24.1 Å². The highest BCUT2D eigenvalue weighted by Crippen LogP contribution is 2.30. The molecular formula is C15H25N3. The quantitative estimate of drug-likeness (QED) is 0.889. The minimum Gasteiger partial charge on any atom is -0.354 e. The third kappa shape index (κ3) is 2.83. The van der Waals surface area contributed by atoms with Gasteiger partial charge in [0.15, 0.2) is 0 Å². The van der Waals surface area contributed by atoms with Gasteiger partial charge in [-0.1, -0.05) is 18.9 Å². The van der Waals surface area contributed by atoms with E-state index in [2.05, 4.69) is 41.9 Å². The maximum Gasteiger partial charge on any atom is 0.129 e. The maximum atomic E-state index is 5.95. The molecule has 3 nitrogen and oxygen atoms in total. The molecule has 18 heavy (non-hydrogen) atoms. The standard InChI is InChI=1S/C15H25N3/c1-3-18(15-10-6-7-12(2)17-15)14-9-5-4-8-13(14)11-16/h6-7,10,13-14H,3-5,8-9,11,16H2,1-2H3. The fourth-order valence-electron chi connectivity index (χ4n) is 3.13. The number of anilines is 1. The highest BCUT2D eigenvalue weighted by atomic mass is 15.2. The van der Waals surface area contributed by atoms with Gasteiger partial charge in [0.1, 0.15) is 5.82 Å². The lowest BCUT2D eigenvalue weighted by molar-refractivity contribution is 0.299. The third-order valence-corrected chi connectivity index (χ3v) is 4.08. The lowest BCUT2D eigenvalue weighted by Gasteiger charge is -2.40. The molecule has 2 rings (SSSR count). The Kier molecular flexibility index (Phi) is 4.59. The van der Waals surface area contributed by atoms with E-state index in [0.717, 1.165) is 24.6 Å². The average Bonchev–Trinajstić information content (AvgIpc) is 2.40. The van der Waals surface area contributed by atoms with E-state index >= 15 is 0 Å². The summed E-state index contributed by atoms with van der Waals surface area (Å²) in [6.07, 6.45) is 5.18. The van der Waals surface area contributed by atoms with E-state index in [-0.39, 0.29) is 0 Å². The van der Waals surface area contributed by atoms with Crippen LogP contribution in [0.1, 0.15) is 38.3 Å². The maximum absolute atomic E-state index is 5.95. The van der Waals surface area contributed by atoms with Gasteiger partial charge in [-0.15, -0.1) is 0 Å². The molecule has 0 aromatic carbocycles. The zero-order valence-electron chi connectivity index (χ0n) is 11.6. The summed E-state index contributed by atoms with van der Waals surface area (Å²) in [5, 5.41) is 0. The summed E-state index contributed by atoms with van der Waals surface area (Å²) in [5.74, 6) is 1.74. The Balaban J connectivity index is 2.21. The predicted molar refractivity (Wildman–Crippen MR) is 76.8 cm³/mol. The van der Waals surface area contributed by atoms with Crippen LogP contribution >= 0.6 is 0 Å². The zero-order chi connectivity index (χ0) is 13.0. The van der Waals surface area contributed by atoms with E-state index in [9.17, 15) is 0 Å². The van der Waals surface area contributed by atoms with Crippen molar-refractivity contribution >= 4 is 5.82 Å². The molecule has 3 heteroatoms. The van der Waals surface area contributed by atoms with Crippen LogP contribution < -0.4 is 10.6 Å². The Labute approximate surface area is 110 Å². The van der Waals surface area contributed by atoms with Gasteiger partial charge in [-0.25, -0.2) is 4.98 Å². The van der Waals surface area contributed by atoms with E-state index < -0.39 is 0 Å². The van der Waals surface area contributed by atoms with Crippen LogP contribution in [-0.2, 0) is 0 Å². The Bertz CT molecular complexity index is 378. The molecular weight excluding hydrogens is 222 g/mol. The number of aryl methyl sites for hydroxylation is 1. The predicted octanol–water partition coefficient (Wildman–Crippen LogP) is 2.73. The number of pyridine rings is 1. The normalized spacial score (nSPS) is 23.9. The number of rotatable bonds is 4. The topological polar surface area (TPSA) is 42.2 Å². The van der Waals surface area contributed by atoms with Gasteiger partial charge in [0.05, 0.1) is 0 Å². The number of hydrogen-bond acceptors (Lipinski definition) is 3. The summed E-state index contributed by atoms with van der Waals surface area (Å²) in [6, 6.07) is 6.85. The van der Waals surface area contributed by atoms with Crippen molar-refractivity contribution in [2.75, 3.05) is 18.0 Å². The SMILES string of the molecule is CCN(c1cccc(C)n1)C1CCCCC1CN. The first kappa shape index (κ1) is 13.3. The van der Waals surface area contributed by atoms with E-state index in [1.54, 1.807) is 0 Å². The molecule has 100 valence electrons. The Morgan fingerprint density at radius 1 is 1.33 bits per heavy atom. The number of nitrogens with two attached hydrogens (primary N) is 1. The van der Waals surface area contributed by atoms with Crippen LogP contribution in [0.25, 0.3) is 0 Å². The lowest BCUT2D eigenvalue weighted by atomic mass is 9.83. The second-order valence-corrected chi connectivity index (χ2v) is 5.27. The van der Waals surface area contributed by atoms with Crippen LogP contribution in [0.2, 0.25) is 0 Å². The molecule has 1 aromatic rings. The van der Waals surface area contributed by atoms with Crippen LogP contribution in [0.4, 0.5) is 5.82 Å². The number of hydrogen-bond donors (Lipinski definition) is 1. The van der Waals surface area contributed by atoms with Crippen LogP contribution in [0.5, 0.6) is 0 Å². The summed E-state index contributed by atoms with van der Waals surface area (Å²) in [6.45, 7) is 6.08. The molecule has 2 N–H and O–H groups in total. The van der Waals surface area contributed by atoms with E-state index in [1.165, 1.54) is 25.7 Å². The van der Waals surface area contributed by atoms with Gasteiger partial charge in [0.25, 0.3) is 0 Å². The summed E-state index contributed by atoms with van der Waals surface area (Å²) in [4.78, 5) is 7.12. The lowest BCUT2D eigenvalue weighted by Crippen LogP contribution is -2.45. The first-order valence-electron chi connectivity index (χ1n) is 7.16. The highest BCUT2D eigenvalue weighted by molar-refractivity contribution is 5.40. The minimum atomic E-state index is 0.572. The first-order valence-corrected chi connectivity index (χ1v) is 7.16. The molecule has 0 radical (unpaired) electrons. The first-order chi connectivity index (χ1) is 8.76. The molecule has 0 bridgehead atoms. The molecule has 0 aliphatic heterocycles. The molecule has 1 heterocycles. The Hall–Kier alpha value is -1.09. The fraction of sp³-hybridized carbons (Fsp3) is 0.667. The van der Waals surface area contributed by atoms with Gasteiger partial charge in [-0.05, 0) is 51.3 Å². The second-order valence-electron chi connectivity index (χ2n) is 5.27. The van der Waals surface area contributed by atoms with Crippen LogP contribution in [0.15, 0.2) is 18.2 Å². The van der Waals surface area contributed by atoms with Crippen molar-refractivity contribution in [2.24, 2.45) is 11.7 Å². The fourth-order valence-corrected chi connectivity index (χ4v) is 3.13. The number of nitrogens with zero attached hydrogens (tertiary/aromatic N) is 2. The van der Waals surface area contributed by atoms with Crippen molar-refractivity contribution in [3.8, 4) is 0 Å². The third-order valence-electron chi connectivity index (χ3n) is 4.08. The van der Waals surface area contributed by atoms with Crippen molar-refractivity contribution in [2.45, 2.75) is 45.6 Å². The number of aromatic nitrogens is 1. The summed E-state index contributed by atoms with van der Waals surface area (Å²) in [7, 11) is 0. The van der Waals surface area contributed by atoms with E-state index in [4.69, 9.17) is 5.73 Å². The van der Waals surface area contributed by atoms with E-state index in [0.29, 0.717) is 12.0 Å². The molecule has 0 amide bonds. The largest absolute Gasteiger partial charge is 0.354 e. The molecule has 1 aromatic heterocycles. The van der Waals surface area contributed by atoms with Gasteiger partial charge in [0.2, 0.25) is 0 Å². The van der Waals surface area contributed by atoms with E-state index in [1.807, 2.05) is 0 Å². The smallest absolute Gasteiger partial charge is 0.129 e. The Morgan fingerprint density at radius 3 is 2.78 bits per heavy atom. The van der Waals surface area contributed by atoms with Crippen molar-refractivity contribution in [3.63, 3.8) is 0 Å². The molecule has 0 spiro atoms. The molecule has 2 atom stereocenters. The molecule has 0 saturated heterocycles. The molecule has 1 aliphatic carbocycles. The molecule has 1 saturated carbocycles. The monoisotopic (exact) mass is 247 g/mol. The summed E-state index contributed by atoms with van der Waals surface area (Å²) < 4.78 is 0. The van der Waals surface area contributed by atoms with Gasteiger partial charge in [-0.3, -0.25) is 0 Å². The van der Waals surface area contributed by atoms with Gasteiger partial charge in [-0.2, -0.15) is 0 Å². The zero-order valence-corrected chi connectivity index (χ0v) is 11.6.